The van der Waals surface area contributed by atoms with Crippen LogP contribution in [0.25, 0.3) is 11.0 Å². The summed E-state index contributed by atoms with van der Waals surface area (Å²) in [5, 5.41) is 4.26. The van der Waals surface area contributed by atoms with Crippen molar-refractivity contribution in [3.05, 3.63) is 18.5 Å². The SMILES string of the molecule is Nc1cnc2cnn(COCC[SiH]([SiH3])[SiH3])c2c1. The second kappa shape index (κ2) is 5.58. The molecule has 92 valence electrons. The molecule has 2 N–H and O–H groups in total. The van der Waals surface area contributed by atoms with Crippen LogP contribution in [-0.2, 0) is 11.5 Å². The van der Waals surface area contributed by atoms with Gasteiger partial charge in [-0.3, -0.25) is 4.98 Å². The summed E-state index contributed by atoms with van der Waals surface area (Å²) in [4.78, 5) is 4.21. The van der Waals surface area contributed by atoms with Crippen LogP contribution in [0.4, 0.5) is 5.69 Å². The minimum atomic E-state index is -0.248. The van der Waals surface area contributed by atoms with E-state index in [-0.39, 0.29) is 7.83 Å². The van der Waals surface area contributed by atoms with Gasteiger partial charge in [-0.05, 0) is 31.6 Å². The van der Waals surface area contributed by atoms with Gasteiger partial charge in [-0.2, -0.15) is 5.10 Å². The molecule has 0 atom stereocenters. The van der Waals surface area contributed by atoms with E-state index < -0.39 is 0 Å². The van der Waals surface area contributed by atoms with Crippen LogP contribution in [0, 0.1) is 0 Å². The van der Waals surface area contributed by atoms with E-state index in [4.69, 9.17) is 10.5 Å². The first-order valence-corrected chi connectivity index (χ1v) is 15.9. The van der Waals surface area contributed by atoms with E-state index in [0.717, 1.165) is 17.6 Å². The van der Waals surface area contributed by atoms with E-state index in [1.165, 1.54) is 25.6 Å². The van der Waals surface area contributed by atoms with Gasteiger partial charge in [-0.25, -0.2) is 4.68 Å². The molecule has 0 saturated heterocycles. The number of nitrogens with two attached hydrogens (primary N) is 1. The van der Waals surface area contributed by atoms with Crippen LogP contribution in [0.5, 0.6) is 0 Å². The van der Waals surface area contributed by atoms with Gasteiger partial charge in [0.15, 0.2) is 0 Å². The normalized spacial score (nSPS) is 13.4. The third kappa shape index (κ3) is 3.25. The van der Waals surface area contributed by atoms with Gasteiger partial charge in [0.1, 0.15) is 12.2 Å². The highest BCUT2D eigenvalue weighted by Crippen LogP contribution is 2.13. The van der Waals surface area contributed by atoms with Gasteiger partial charge in [0.25, 0.3) is 0 Å². The number of pyridine rings is 1. The molecule has 2 heterocycles. The lowest BCUT2D eigenvalue weighted by Gasteiger charge is -2.06. The third-order valence-electron chi connectivity index (χ3n) is 2.57. The molecule has 0 aliphatic rings. The Hall–Kier alpha value is -0.969. The summed E-state index contributed by atoms with van der Waals surface area (Å²) in [6, 6.07) is 3.20. The lowest BCUT2D eigenvalue weighted by molar-refractivity contribution is 0.0823. The van der Waals surface area contributed by atoms with Crippen molar-refractivity contribution in [3.63, 3.8) is 0 Å². The maximum atomic E-state index is 5.72. The van der Waals surface area contributed by atoms with Crippen molar-refractivity contribution in [1.82, 2.24) is 14.8 Å². The highest BCUT2D eigenvalue weighted by atomic mass is 29.5. The first kappa shape index (κ1) is 12.5. The standard InChI is InChI=1S/C9H18N4OSi3/c10-7-3-9-8(11-4-7)5-12-13(9)6-14-1-2-17(15)16/h3-5,17H,1-2,6,10H2,15-16H3. The topological polar surface area (TPSA) is 66.0 Å². The molecule has 0 fully saturated rings. The maximum absolute atomic E-state index is 5.72. The van der Waals surface area contributed by atoms with E-state index in [9.17, 15) is 0 Å². The summed E-state index contributed by atoms with van der Waals surface area (Å²) in [5.41, 5.74) is 8.18. The Bertz CT molecular complexity index is 502. The summed E-state index contributed by atoms with van der Waals surface area (Å²) in [6.07, 6.45) is 3.39. The Morgan fingerprint density at radius 3 is 3.00 bits per heavy atom. The van der Waals surface area contributed by atoms with E-state index in [2.05, 4.69) is 10.1 Å². The minimum absolute atomic E-state index is 0.248. The summed E-state index contributed by atoms with van der Waals surface area (Å²) in [6.45, 7) is 1.37. The lowest BCUT2D eigenvalue weighted by Crippen LogP contribution is -2.16. The van der Waals surface area contributed by atoms with Crippen molar-refractivity contribution >= 4 is 44.1 Å². The number of anilines is 1. The molecule has 0 bridgehead atoms. The summed E-state index contributed by atoms with van der Waals surface area (Å²) in [7, 11) is 2.59. The van der Waals surface area contributed by atoms with Gasteiger partial charge in [0, 0.05) is 14.4 Å². The first-order chi connectivity index (χ1) is 8.16. The molecule has 0 radical (unpaired) electrons. The lowest BCUT2D eigenvalue weighted by atomic mass is 10.3. The predicted octanol–water partition coefficient (Wildman–Crippen LogP) is -2.06. The molecule has 0 aliphatic heterocycles. The van der Waals surface area contributed by atoms with Gasteiger partial charge >= 0.3 is 0 Å². The van der Waals surface area contributed by atoms with Crippen LogP contribution in [-0.4, -0.2) is 48.7 Å². The molecule has 17 heavy (non-hydrogen) atoms. The highest BCUT2D eigenvalue weighted by Gasteiger charge is 2.04. The van der Waals surface area contributed by atoms with E-state index in [0.29, 0.717) is 12.4 Å². The molecule has 2 aromatic rings. The number of fused-ring (bicyclic) bond motifs is 1. The summed E-state index contributed by atoms with van der Waals surface area (Å²) < 4.78 is 7.46. The molecule has 0 saturated carbocycles. The fourth-order valence-electron chi connectivity index (χ4n) is 1.55. The number of rotatable bonds is 5. The quantitative estimate of drug-likeness (QED) is 0.506. The summed E-state index contributed by atoms with van der Waals surface area (Å²) >= 11 is 0. The van der Waals surface area contributed by atoms with Crippen LogP contribution in [0.2, 0.25) is 6.04 Å². The number of nitrogen functional groups attached to an aromatic ring is 1. The maximum Gasteiger partial charge on any atom is 0.140 e. The van der Waals surface area contributed by atoms with E-state index >= 15 is 0 Å². The van der Waals surface area contributed by atoms with Crippen LogP contribution in [0.15, 0.2) is 18.5 Å². The van der Waals surface area contributed by atoms with E-state index in [1.807, 2.05) is 10.7 Å². The number of hydrogen-bond acceptors (Lipinski definition) is 4. The molecule has 0 amide bonds. The summed E-state index contributed by atoms with van der Waals surface area (Å²) in [5.74, 6) is 0. The van der Waals surface area contributed by atoms with Gasteiger partial charge in [-0.1, -0.05) is 0 Å². The van der Waals surface area contributed by atoms with Gasteiger partial charge in [-0.15, -0.1) is 0 Å². The largest absolute Gasteiger partial charge is 0.397 e. The van der Waals surface area contributed by atoms with Crippen molar-refractivity contribution in [3.8, 4) is 0 Å². The Morgan fingerprint density at radius 2 is 2.24 bits per heavy atom. The van der Waals surface area contributed by atoms with Crippen LogP contribution in [0.3, 0.4) is 0 Å². The van der Waals surface area contributed by atoms with E-state index in [1.54, 1.807) is 12.4 Å². The zero-order chi connectivity index (χ0) is 12.3. The molecule has 2 aromatic heterocycles. The minimum Gasteiger partial charge on any atom is -0.397 e. The number of aromatic nitrogens is 3. The van der Waals surface area contributed by atoms with Crippen molar-refractivity contribution < 1.29 is 4.74 Å². The molecule has 0 spiro atoms. The molecule has 0 unspecified atom stereocenters. The van der Waals surface area contributed by atoms with Crippen molar-refractivity contribution in [2.24, 2.45) is 0 Å². The Labute approximate surface area is 107 Å². The average molecular weight is 283 g/mol. The number of hydrogen-bond donors (Lipinski definition) is 1. The highest BCUT2D eigenvalue weighted by molar-refractivity contribution is 7.29. The zero-order valence-corrected chi connectivity index (χ0v) is 15.4. The second-order valence-electron chi connectivity index (χ2n) is 4.54. The number of nitrogens with zero attached hydrogens (tertiary/aromatic N) is 3. The van der Waals surface area contributed by atoms with Crippen molar-refractivity contribution in [1.29, 1.82) is 0 Å². The van der Waals surface area contributed by atoms with Crippen LogP contribution in [0.1, 0.15) is 0 Å². The van der Waals surface area contributed by atoms with Gasteiger partial charge < -0.3 is 10.5 Å². The zero-order valence-electron chi connectivity index (χ0n) is 10.3. The smallest absolute Gasteiger partial charge is 0.140 e. The third-order valence-corrected chi connectivity index (χ3v) is 7.42. The molecule has 0 aromatic carbocycles. The molecule has 8 heteroatoms. The van der Waals surface area contributed by atoms with Crippen LogP contribution >= 0.6 is 0 Å². The monoisotopic (exact) mass is 282 g/mol. The molecule has 5 nitrogen and oxygen atoms in total. The number of ether oxygens (including phenoxy) is 1. The fourth-order valence-corrected chi connectivity index (χ4v) is 3.60. The molecule has 2 rings (SSSR count). The Kier molecular flexibility index (Phi) is 4.10. The van der Waals surface area contributed by atoms with Crippen molar-refractivity contribution in [2.45, 2.75) is 12.8 Å². The Morgan fingerprint density at radius 1 is 1.41 bits per heavy atom. The predicted molar refractivity (Wildman–Crippen MR) is 79.7 cm³/mol. The molecule has 0 aliphatic carbocycles. The Balaban J connectivity index is 2.01. The van der Waals surface area contributed by atoms with Gasteiger partial charge in [0.05, 0.1) is 23.6 Å². The van der Waals surface area contributed by atoms with Crippen LogP contribution < -0.4 is 5.73 Å². The molecular weight excluding hydrogens is 264 g/mol. The van der Waals surface area contributed by atoms with Gasteiger partial charge in [0.2, 0.25) is 0 Å². The fraction of sp³-hybridized carbons (Fsp3) is 0.333. The average Bonchev–Trinajstić information content (AvgIpc) is 2.67. The second-order valence-corrected chi connectivity index (χ2v) is 26.7. The molecular formula is C9H18N4OSi3. The first-order valence-electron chi connectivity index (χ1n) is 5.81. The van der Waals surface area contributed by atoms with Crippen molar-refractivity contribution in [2.75, 3.05) is 12.3 Å².